The first-order valence-electron chi connectivity index (χ1n) is 8.08. The van der Waals surface area contributed by atoms with E-state index >= 15 is 0 Å². The van der Waals surface area contributed by atoms with Gasteiger partial charge in [-0.2, -0.15) is 42.1 Å². The summed E-state index contributed by atoms with van der Waals surface area (Å²) in [7, 11) is 2.08. The van der Waals surface area contributed by atoms with Crippen molar-refractivity contribution in [3.63, 3.8) is 0 Å². The zero-order chi connectivity index (χ0) is 16.4. The van der Waals surface area contributed by atoms with E-state index in [-0.39, 0.29) is 26.3 Å². The van der Waals surface area contributed by atoms with Crippen LogP contribution in [0.1, 0.15) is 17.3 Å². The molecule has 0 N–H and O–H groups in total. The molecule has 0 fully saturated rings. The molecule has 0 aromatic heterocycles. The van der Waals surface area contributed by atoms with E-state index in [9.17, 15) is 0 Å². The van der Waals surface area contributed by atoms with Crippen LogP contribution in [0.5, 0.6) is 0 Å². The average molecular weight is 503 g/mol. The molecule has 1 radical (unpaired) electrons. The molecule has 25 heavy (non-hydrogen) atoms. The van der Waals surface area contributed by atoms with Crippen molar-refractivity contribution < 1.29 is 20.1 Å². The van der Waals surface area contributed by atoms with Gasteiger partial charge < -0.3 is 10.2 Å². The van der Waals surface area contributed by atoms with E-state index in [4.69, 9.17) is 0 Å². The Bertz CT molecular complexity index is 842. The summed E-state index contributed by atoms with van der Waals surface area (Å²) in [5, 5.41) is 4.66. The molecule has 4 rings (SSSR count). The molecule has 0 aliphatic carbocycles. The van der Waals surface area contributed by atoms with Crippen LogP contribution >= 0.6 is 0 Å². The summed E-state index contributed by atoms with van der Waals surface area (Å²) in [6.07, 6.45) is 1.97. The average Bonchev–Trinajstić information content (AvgIpc) is 3.05. The molecule has 1 heterocycles. The summed E-state index contributed by atoms with van der Waals surface area (Å²) in [6, 6.07) is 30.4. The third-order valence-corrected chi connectivity index (χ3v) is 4.38. The van der Waals surface area contributed by atoms with Crippen LogP contribution in [0.15, 0.2) is 85.1 Å². The maximum absolute atomic E-state index is 4.66. The van der Waals surface area contributed by atoms with Gasteiger partial charge in [0.1, 0.15) is 0 Å². The van der Waals surface area contributed by atoms with Crippen LogP contribution in [-0.4, -0.2) is 11.9 Å². The minimum atomic E-state index is 0. The molecule has 1 aliphatic rings. The third kappa shape index (κ3) is 3.53. The Balaban J connectivity index is 0.00000182. The first-order chi connectivity index (χ1) is 11.8. The second-order valence-corrected chi connectivity index (χ2v) is 5.91. The van der Waals surface area contributed by atoms with E-state index < -0.39 is 0 Å². The minimum Gasteiger partial charge on any atom is -0.668 e. The first-order valence-corrected chi connectivity index (χ1v) is 8.08. The van der Waals surface area contributed by atoms with Gasteiger partial charge in [-0.3, -0.25) is 0 Å². The Kier molecular flexibility index (Phi) is 5.37. The molecule has 0 saturated carbocycles. The number of hydrogen-bond donors (Lipinski definition) is 0. The monoisotopic (exact) mass is 503 g/mol. The SMILES string of the molecule is CN1C(c2ccc(-c3ccccc3)cc2)=C[N-]C1c1[c-]cccc1.[Ir]. The van der Waals surface area contributed by atoms with Crippen molar-refractivity contribution in [2.45, 2.75) is 6.17 Å². The van der Waals surface area contributed by atoms with Gasteiger partial charge in [0.05, 0.1) is 0 Å². The van der Waals surface area contributed by atoms with Crippen LogP contribution in [0.3, 0.4) is 0 Å². The summed E-state index contributed by atoms with van der Waals surface area (Å²) >= 11 is 0. The Morgan fingerprint density at radius 1 is 0.800 bits per heavy atom. The van der Waals surface area contributed by atoms with Crippen LogP contribution in [0.4, 0.5) is 0 Å². The Morgan fingerprint density at radius 2 is 1.44 bits per heavy atom. The van der Waals surface area contributed by atoms with Crippen LogP contribution in [0.25, 0.3) is 22.1 Å². The summed E-state index contributed by atoms with van der Waals surface area (Å²) < 4.78 is 0. The van der Waals surface area contributed by atoms with Crippen molar-refractivity contribution in [1.82, 2.24) is 4.90 Å². The maximum Gasteiger partial charge on any atom is 0.0204 e. The molecule has 1 unspecified atom stereocenters. The quantitative estimate of drug-likeness (QED) is 0.435. The molecular formula is C22H18IrN2-2. The summed E-state index contributed by atoms with van der Waals surface area (Å²) in [6.45, 7) is 0. The van der Waals surface area contributed by atoms with Gasteiger partial charge in [-0.05, 0) is 22.9 Å². The molecule has 3 aromatic rings. The predicted molar refractivity (Wildman–Crippen MR) is 99.0 cm³/mol. The van der Waals surface area contributed by atoms with E-state index in [2.05, 4.69) is 77.9 Å². The van der Waals surface area contributed by atoms with E-state index in [0.29, 0.717) is 0 Å². The van der Waals surface area contributed by atoms with Gasteiger partial charge in [0, 0.05) is 32.9 Å². The molecule has 1 aliphatic heterocycles. The Hall–Kier alpha value is -2.35. The van der Waals surface area contributed by atoms with Crippen molar-refractivity contribution in [2.24, 2.45) is 0 Å². The van der Waals surface area contributed by atoms with Crippen LogP contribution in [0, 0.1) is 6.07 Å². The Morgan fingerprint density at radius 3 is 2.12 bits per heavy atom. The maximum atomic E-state index is 4.66. The van der Waals surface area contributed by atoms with Gasteiger partial charge in [0.2, 0.25) is 0 Å². The van der Waals surface area contributed by atoms with Gasteiger partial charge in [0.25, 0.3) is 0 Å². The van der Waals surface area contributed by atoms with Crippen molar-refractivity contribution in [3.8, 4) is 11.1 Å². The van der Waals surface area contributed by atoms with Crippen LogP contribution in [-0.2, 0) is 20.1 Å². The fourth-order valence-corrected chi connectivity index (χ4v) is 3.06. The molecule has 127 valence electrons. The number of hydrogen-bond acceptors (Lipinski definition) is 1. The van der Waals surface area contributed by atoms with Crippen molar-refractivity contribution in [1.29, 1.82) is 0 Å². The van der Waals surface area contributed by atoms with Crippen molar-refractivity contribution >= 4 is 5.70 Å². The van der Waals surface area contributed by atoms with E-state index in [1.165, 1.54) is 16.7 Å². The topological polar surface area (TPSA) is 17.3 Å². The number of benzene rings is 3. The summed E-state index contributed by atoms with van der Waals surface area (Å²) in [4.78, 5) is 2.20. The van der Waals surface area contributed by atoms with Gasteiger partial charge in [-0.1, -0.05) is 54.6 Å². The molecule has 1 atom stereocenters. The smallest absolute Gasteiger partial charge is 0.0204 e. The fraction of sp³-hybridized carbons (Fsp3) is 0.0909. The zero-order valence-corrected chi connectivity index (χ0v) is 16.3. The van der Waals surface area contributed by atoms with E-state index in [1.54, 1.807) is 0 Å². The van der Waals surface area contributed by atoms with Crippen molar-refractivity contribution in [2.75, 3.05) is 7.05 Å². The summed E-state index contributed by atoms with van der Waals surface area (Å²) in [5.74, 6) is 0. The molecule has 0 amide bonds. The van der Waals surface area contributed by atoms with Crippen molar-refractivity contribution in [3.05, 3.63) is 108 Å². The van der Waals surface area contributed by atoms with Gasteiger partial charge in [-0.15, -0.1) is 0 Å². The molecule has 3 heteroatoms. The number of nitrogens with zero attached hydrogens (tertiary/aromatic N) is 2. The molecule has 0 saturated heterocycles. The minimum absolute atomic E-state index is 0. The second-order valence-electron chi connectivity index (χ2n) is 5.91. The normalized spacial score (nSPS) is 16.0. The Labute approximate surface area is 162 Å². The van der Waals surface area contributed by atoms with Gasteiger partial charge in [0.15, 0.2) is 0 Å². The first kappa shape index (κ1) is 17.5. The van der Waals surface area contributed by atoms with Crippen LogP contribution in [0.2, 0.25) is 0 Å². The predicted octanol–water partition coefficient (Wildman–Crippen LogP) is 5.47. The van der Waals surface area contributed by atoms with E-state index in [0.717, 1.165) is 11.3 Å². The van der Waals surface area contributed by atoms with Gasteiger partial charge in [-0.25, -0.2) is 0 Å². The zero-order valence-electron chi connectivity index (χ0n) is 13.9. The summed E-state index contributed by atoms with van der Waals surface area (Å²) in [5.41, 5.74) is 5.87. The fourth-order valence-electron chi connectivity index (χ4n) is 3.06. The molecule has 0 spiro atoms. The van der Waals surface area contributed by atoms with Crippen LogP contribution < -0.4 is 0 Å². The van der Waals surface area contributed by atoms with Gasteiger partial charge >= 0.3 is 0 Å². The molecule has 0 bridgehead atoms. The largest absolute Gasteiger partial charge is 0.668 e. The van der Waals surface area contributed by atoms with E-state index in [1.807, 2.05) is 30.5 Å². The standard InChI is InChI=1S/C22H18N2.Ir/c1-24-21(16-23-22(24)20-10-6-3-7-11-20)19-14-12-18(13-15-19)17-8-4-2-5-9-17;/h2-10,12-16,22H,1H3;/q-2;. The molecule has 2 nitrogen and oxygen atoms in total. The molecule has 3 aromatic carbocycles. The number of rotatable bonds is 3. The molecular weight excluding hydrogens is 484 g/mol. The second kappa shape index (κ2) is 7.69. The third-order valence-electron chi connectivity index (χ3n) is 4.38.